The first-order valence-corrected chi connectivity index (χ1v) is 14.7. The van der Waals surface area contributed by atoms with Gasteiger partial charge in [0.2, 0.25) is 0 Å². The fourth-order valence-electron chi connectivity index (χ4n) is 5.22. The quantitative estimate of drug-likeness (QED) is 0.156. The number of nitrogens with zero attached hydrogens (tertiary/aromatic N) is 1. The van der Waals surface area contributed by atoms with E-state index in [1.54, 1.807) is 24.3 Å². The number of anilines is 2. The molecule has 228 valence electrons. The Labute approximate surface area is 258 Å². The van der Waals surface area contributed by atoms with Crippen molar-refractivity contribution < 1.29 is 24.1 Å². The molecule has 4 aromatic carbocycles. The lowest BCUT2D eigenvalue weighted by molar-refractivity contribution is -0.275. The van der Waals surface area contributed by atoms with Crippen LogP contribution in [0.2, 0.25) is 0 Å². The van der Waals surface area contributed by atoms with Gasteiger partial charge in [0.1, 0.15) is 11.5 Å². The average Bonchev–Trinajstić information content (AvgIpc) is 3.04. The minimum atomic E-state index is -0.641. The first-order chi connectivity index (χ1) is 21.4. The monoisotopic (exact) mass is 593 g/mol. The second-order valence-corrected chi connectivity index (χ2v) is 11.0. The third-order valence-electron chi connectivity index (χ3n) is 7.56. The van der Waals surface area contributed by atoms with Crippen molar-refractivity contribution in [1.82, 2.24) is 4.90 Å². The molecule has 0 saturated carbocycles. The van der Waals surface area contributed by atoms with Gasteiger partial charge in [-0.2, -0.15) is 0 Å². The van der Waals surface area contributed by atoms with Gasteiger partial charge in [-0.3, -0.25) is 0 Å². The largest absolute Gasteiger partial charge is 0.457 e. The number of rotatable bonds is 11. The number of benzene rings is 4. The van der Waals surface area contributed by atoms with Crippen molar-refractivity contribution in [3.05, 3.63) is 132 Å². The molecule has 0 spiro atoms. The van der Waals surface area contributed by atoms with E-state index < -0.39 is 6.29 Å². The highest BCUT2D eigenvalue weighted by molar-refractivity contribution is 5.99. The molecular weight excluding hydrogens is 554 g/mol. The third kappa shape index (κ3) is 8.12. The number of likely N-dealkylation sites (N-methyl/N-ethyl adjacent to an activating group) is 1. The molecule has 3 N–H and O–H groups in total. The number of para-hydroxylation sites is 1. The summed E-state index contributed by atoms with van der Waals surface area (Å²) in [6, 6.07) is 31.7. The molecule has 0 aliphatic carbocycles. The van der Waals surface area contributed by atoms with Gasteiger partial charge in [0, 0.05) is 35.9 Å². The predicted octanol–water partition coefficient (Wildman–Crippen LogP) is 7.52. The lowest BCUT2D eigenvalue weighted by Crippen LogP contribution is -2.43. The normalized spacial score (nSPS) is 19.7. The molecule has 1 aliphatic heterocycles. The van der Waals surface area contributed by atoms with E-state index in [9.17, 15) is 9.90 Å². The molecule has 0 radical (unpaired) electrons. The van der Waals surface area contributed by atoms with Crippen molar-refractivity contribution >= 4 is 17.4 Å². The van der Waals surface area contributed by atoms with Crippen LogP contribution in [0.25, 0.3) is 0 Å². The van der Waals surface area contributed by atoms with Gasteiger partial charge in [-0.1, -0.05) is 67.6 Å². The molecule has 1 aliphatic rings. The van der Waals surface area contributed by atoms with Crippen molar-refractivity contribution in [2.75, 3.05) is 30.8 Å². The van der Waals surface area contributed by atoms with Crippen LogP contribution in [0, 0.1) is 5.92 Å². The van der Waals surface area contributed by atoms with Crippen LogP contribution in [-0.2, 0) is 16.1 Å². The Bertz CT molecular complexity index is 1510. The number of hydrogen-bond acceptors (Lipinski definition) is 6. The highest BCUT2D eigenvalue weighted by Gasteiger charge is 2.38. The number of amides is 2. The highest BCUT2D eigenvalue weighted by atomic mass is 16.7. The van der Waals surface area contributed by atoms with Crippen LogP contribution >= 0.6 is 0 Å². The van der Waals surface area contributed by atoms with Crippen LogP contribution in [-0.4, -0.2) is 42.3 Å². The van der Waals surface area contributed by atoms with E-state index in [2.05, 4.69) is 29.0 Å². The summed E-state index contributed by atoms with van der Waals surface area (Å²) in [5.74, 6) is 1.48. The second kappa shape index (κ2) is 14.8. The van der Waals surface area contributed by atoms with Crippen molar-refractivity contribution in [3.63, 3.8) is 0 Å². The van der Waals surface area contributed by atoms with E-state index in [4.69, 9.17) is 14.2 Å². The zero-order valence-electron chi connectivity index (χ0n) is 25.1. The van der Waals surface area contributed by atoms with Gasteiger partial charge in [0.15, 0.2) is 6.29 Å². The van der Waals surface area contributed by atoms with Gasteiger partial charge in [0.05, 0.1) is 18.8 Å². The summed E-state index contributed by atoms with van der Waals surface area (Å²) >= 11 is 0. The Hall–Kier alpha value is -4.47. The Balaban J connectivity index is 1.27. The van der Waals surface area contributed by atoms with Gasteiger partial charge in [-0.05, 0) is 66.7 Å². The SMILES string of the molecule is C=CCN(C)C[C@@H]1O[C@H](c2cccc(NC(=O)Nc3ccc(Oc4ccccc4)cc3)c2)O[C@H](c2ccc(CO)cc2)[C@@H]1C. The predicted molar refractivity (Wildman–Crippen MR) is 173 cm³/mol. The van der Waals surface area contributed by atoms with Crippen LogP contribution in [0.5, 0.6) is 11.5 Å². The molecule has 8 nitrogen and oxygen atoms in total. The van der Waals surface area contributed by atoms with Gasteiger partial charge in [0.25, 0.3) is 0 Å². The number of ether oxygens (including phenoxy) is 3. The van der Waals surface area contributed by atoms with Crippen molar-refractivity contribution in [3.8, 4) is 11.5 Å². The molecule has 0 unspecified atom stereocenters. The summed E-state index contributed by atoms with van der Waals surface area (Å²) in [6.07, 6.45) is 0.893. The summed E-state index contributed by atoms with van der Waals surface area (Å²) in [5.41, 5.74) is 3.91. The smallest absolute Gasteiger partial charge is 0.323 e. The molecule has 44 heavy (non-hydrogen) atoms. The van der Waals surface area contributed by atoms with Crippen molar-refractivity contribution in [2.24, 2.45) is 5.92 Å². The number of urea groups is 1. The number of carbonyl (C=O) groups excluding carboxylic acids is 1. The maximum atomic E-state index is 12.9. The number of carbonyl (C=O) groups is 1. The van der Waals surface area contributed by atoms with Gasteiger partial charge >= 0.3 is 6.03 Å². The molecule has 1 heterocycles. The van der Waals surface area contributed by atoms with E-state index in [0.717, 1.165) is 29.0 Å². The maximum absolute atomic E-state index is 12.9. The van der Waals surface area contributed by atoms with Crippen LogP contribution in [0.15, 0.2) is 116 Å². The zero-order chi connectivity index (χ0) is 30.9. The van der Waals surface area contributed by atoms with Gasteiger partial charge in [-0.15, -0.1) is 6.58 Å². The summed E-state index contributed by atoms with van der Waals surface area (Å²) in [4.78, 5) is 15.0. The molecule has 0 aromatic heterocycles. The van der Waals surface area contributed by atoms with E-state index >= 15 is 0 Å². The van der Waals surface area contributed by atoms with E-state index in [1.165, 1.54) is 0 Å². The molecule has 4 aromatic rings. The summed E-state index contributed by atoms with van der Waals surface area (Å²) < 4.78 is 18.9. The highest BCUT2D eigenvalue weighted by Crippen LogP contribution is 2.42. The van der Waals surface area contributed by atoms with Crippen molar-refractivity contribution in [1.29, 1.82) is 0 Å². The third-order valence-corrected chi connectivity index (χ3v) is 7.56. The topological polar surface area (TPSA) is 92.3 Å². The second-order valence-electron chi connectivity index (χ2n) is 11.0. The number of hydrogen-bond donors (Lipinski definition) is 3. The summed E-state index contributed by atoms with van der Waals surface area (Å²) in [7, 11) is 2.04. The standard InChI is InChI=1S/C36H39N3O5/c1-4-21-39(3)23-33-25(2)34(27-15-13-26(24-40)14-16-27)44-35(43-33)28-9-8-10-30(22-28)38-36(41)37-29-17-19-32(20-18-29)42-31-11-6-5-7-12-31/h4-20,22,25,33-35,40H,1,21,23-24H2,2-3H3,(H2,37,38,41)/t25-,33+,34+,35+/m1/s1. The number of aliphatic hydroxyl groups excluding tert-OH is 1. The molecule has 2 amide bonds. The lowest BCUT2D eigenvalue weighted by Gasteiger charge is -2.42. The minimum absolute atomic E-state index is 0.0105. The maximum Gasteiger partial charge on any atom is 0.323 e. The van der Waals surface area contributed by atoms with Crippen LogP contribution in [0.4, 0.5) is 16.2 Å². The Kier molecular flexibility index (Phi) is 10.4. The Morgan fingerprint density at radius 2 is 1.59 bits per heavy atom. The molecule has 1 saturated heterocycles. The zero-order valence-corrected chi connectivity index (χ0v) is 25.1. The molecule has 5 rings (SSSR count). The Morgan fingerprint density at radius 1 is 0.886 bits per heavy atom. The van der Waals surface area contributed by atoms with E-state index in [-0.39, 0.29) is 30.8 Å². The minimum Gasteiger partial charge on any atom is -0.457 e. The molecule has 8 heteroatoms. The number of nitrogens with one attached hydrogen (secondary N) is 2. The van der Waals surface area contributed by atoms with Crippen LogP contribution < -0.4 is 15.4 Å². The van der Waals surface area contributed by atoms with E-state index in [0.29, 0.717) is 23.7 Å². The van der Waals surface area contributed by atoms with Crippen molar-refractivity contribution in [2.45, 2.75) is 32.0 Å². The fraction of sp³-hybridized carbons (Fsp3) is 0.250. The summed E-state index contributed by atoms with van der Waals surface area (Å²) in [6.45, 7) is 7.43. The van der Waals surface area contributed by atoms with E-state index in [1.807, 2.05) is 92.0 Å². The molecule has 4 atom stereocenters. The van der Waals surface area contributed by atoms with Gasteiger partial charge < -0.3 is 34.9 Å². The average molecular weight is 594 g/mol. The molecule has 0 bridgehead atoms. The Morgan fingerprint density at radius 3 is 2.30 bits per heavy atom. The lowest BCUT2D eigenvalue weighted by atomic mass is 9.90. The van der Waals surface area contributed by atoms with Crippen LogP contribution in [0.1, 0.15) is 36.0 Å². The molecule has 1 fully saturated rings. The first-order valence-electron chi connectivity index (χ1n) is 14.7. The summed E-state index contributed by atoms with van der Waals surface area (Å²) in [5, 5.41) is 15.3. The van der Waals surface area contributed by atoms with Crippen LogP contribution in [0.3, 0.4) is 0 Å². The molecular formula is C36H39N3O5. The van der Waals surface area contributed by atoms with Gasteiger partial charge in [-0.25, -0.2) is 4.79 Å². The fourth-order valence-corrected chi connectivity index (χ4v) is 5.22. The number of aliphatic hydroxyl groups is 1. The first kappa shape index (κ1) is 31.0.